The zero-order chi connectivity index (χ0) is 17.8. The van der Waals surface area contributed by atoms with Crippen molar-refractivity contribution < 1.29 is 40.7 Å². The Labute approximate surface area is 122 Å². The largest absolute Gasteiger partial charge is 0.471 e. The van der Waals surface area contributed by atoms with Gasteiger partial charge in [-0.1, -0.05) is 0 Å². The van der Waals surface area contributed by atoms with Crippen molar-refractivity contribution in [1.82, 2.24) is 10.2 Å². The highest BCUT2D eigenvalue weighted by atomic mass is 19.4. The van der Waals surface area contributed by atoms with Crippen molar-refractivity contribution in [3.63, 3.8) is 0 Å². The highest BCUT2D eigenvalue weighted by molar-refractivity contribution is 5.82. The number of nitrogens with one attached hydrogen (secondary N) is 1. The Hall–Kier alpha value is -1.68. The molecule has 0 aromatic heterocycles. The molecule has 22 heavy (non-hydrogen) atoms. The van der Waals surface area contributed by atoms with Crippen LogP contribution in [0, 0.1) is 0 Å². The van der Waals surface area contributed by atoms with E-state index in [0.717, 1.165) is 0 Å². The van der Waals surface area contributed by atoms with Crippen LogP contribution in [0.25, 0.3) is 0 Å². The summed E-state index contributed by atoms with van der Waals surface area (Å²) in [5.41, 5.74) is -0.877. The molecule has 5 nitrogen and oxygen atoms in total. The summed E-state index contributed by atoms with van der Waals surface area (Å²) < 4.78 is 78.0. The maximum Gasteiger partial charge on any atom is 0.471 e. The van der Waals surface area contributed by atoms with Crippen LogP contribution in [0.3, 0.4) is 0 Å². The van der Waals surface area contributed by atoms with Gasteiger partial charge in [0.15, 0.2) is 0 Å². The van der Waals surface area contributed by atoms with Crippen molar-refractivity contribution in [1.29, 1.82) is 0 Å². The first-order valence-electron chi connectivity index (χ1n) is 6.01. The summed E-state index contributed by atoms with van der Waals surface area (Å²) in [4.78, 5) is 21.7. The average molecular weight is 338 g/mol. The summed E-state index contributed by atoms with van der Waals surface area (Å²) in [6.45, 7) is 0.923. The normalized spacial score (nSPS) is 12.8. The molecule has 1 N–H and O–H groups in total. The van der Waals surface area contributed by atoms with Crippen LogP contribution in [0.15, 0.2) is 0 Å². The molecule has 0 radical (unpaired) electrons. The maximum absolute atomic E-state index is 12.2. The van der Waals surface area contributed by atoms with E-state index in [4.69, 9.17) is 4.74 Å². The number of ether oxygens (including phenoxy) is 1. The number of rotatable bonds is 4. The highest BCUT2D eigenvalue weighted by Crippen LogP contribution is 2.22. The van der Waals surface area contributed by atoms with E-state index in [0.29, 0.717) is 0 Å². The molecule has 0 bridgehead atoms. The number of carbonyl (C=O) groups excluding carboxylic acids is 2. The van der Waals surface area contributed by atoms with Crippen LogP contribution in [-0.2, 0) is 9.53 Å². The van der Waals surface area contributed by atoms with Crippen molar-refractivity contribution in [3.8, 4) is 0 Å². The molecule has 0 unspecified atom stereocenters. The Balaban J connectivity index is 4.61. The van der Waals surface area contributed by atoms with E-state index in [-0.39, 0.29) is 0 Å². The summed E-state index contributed by atoms with van der Waals surface area (Å²) in [5, 5.41) is 1.97. The SMILES string of the molecule is CC(C)(C)OC(=O)NCCN(CC(F)(F)F)C(=O)C(F)(F)F. The molecule has 0 heterocycles. The summed E-state index contributed by atoms with van der Waals surface area (Å²) >= 11 is 0. The first kappa shape index (κ1) is 20.3. The first-order chi connectivity index (χ1) is 9.62. The number of alkyl carbamates (subject to hydrolysis) is 1. The second kappa shape index (κ2) is 7.05. The van der Waals surface area contributed by atoms with Gasteiger partial charge in [0.1, 0.15) is 12.1 Å². The lowest BCUT2D eigenvalue weighted by Crippen LogP contribution is -2.48. The summed E-state index contributed by atoms with van der Waals surface area (Å²) in [5.74, 6) is -2.63. The van der Waals surface area contributed by atoms with Crippen LogP contribution in [0.5, 0.6) is 0 Å². The Morgan fingerprint density at radius 3 is 1.91 bits per heavy atom. The van der Waals surface area contributed by atoms with Gasteiger partial charge in [-0.3, -0.25) is 4.79 Å². The molecule has 0 saturated carbocycles. The molecule has 11 heteroatoms. The molecule has 0 aliphatic carbocycles. The van der Waals surface area contributed by atoms with Gasteiger partial charge in [0.25, 0.3) is 0 Å². The molecular weight excluding hydrogens is 322 g/mol. The lowest BCUT2D eigenvalue weighted by molar-refractivity contribution is -0.198. The van der Waals surface area contributed by atoms with Gasteiger partial charge in [-0.2, -0.15) is 26.3 Å². The second-order valence-electron chi connectivity index (χ2n) is 5.27. The third-order valence-corrected chi connectivity index (χ3v) is 1.95. The zero-order valence-corrected chi connectivity index (χ0v) is 12.1. The minimum atomic E-state index is -5.43. The van der Waals surface area contributed by atoms with E-state index < -0.39 is 54.5 Å². The maximum atomic E-state index is 12.2. The van der Waals surface area contributed by atoms with Gasteiger partial charge in [0.2, 0.25) is 0 Å². The van der Waals surface area contributed by atoms with Crippen LogP contribution >= 0.6 is 0 Å². The lowest BCUT2D eigenvalue weighted by atomic mass is 10.2. The number of alkyl halides is 6. The molecule has 130 valence electrons. The predicted octanol–water partition coefficient (Wildman–Crippen LogP) is 2.46. The molecule has 0 rings (SSSR count). The van der Waals surface area contributed by atoms with Gasteiger partial charge in [0, 0.05) is 13.1 Å². The zero-order valence-electron chi connectivity index (χ0n) is 12.1. The Kier molecular flexibility index (Phi) is 6.51. The highest BCUT2D eigenvalue weighted by Gasteiger charge is 2.45. The molecule has 0 aromatic carbocycles. The van der Waals surface area contributed by atoms with E-state index in [2.05, 4.69) is 0 Å². The van der Waals surface area contributed by atoms with Crippen LogP contribution in [0.4, 0.5) is 31.1 Å². The summed E-state index contributed by atoms with van der Waals surface area (Å²) in [6, 6.07) is 0. The first-order valence-corrected chi connectivity index (χ1v) is 6.01. The van der Waals surface area contributed by atoms with Crippen molar-refractivity contribution in [2.75, 3.05) is 19.6 Å². The van der Waals surface area contributed by atoms with Gasteiger partial charge < -0.3 is 15.0 Å². The Morgan fingerprint density at radius 1 is 1.05 bits per heavy atom. The molecule has 0 aliphatic rings. The van der Waals surface area contributed by atoms with Crippen LogP contribution in [-0.4, -0.2) is 54.5 Å². The van der Waals surface area contributed by atoms with Crippen molar-refractivity contribution in [2.24, 2.45) is 0 Å². The van der Waals surface area contributed by atoms with Crippen LogP contribution in [0.1, 0.15) is 20.8 Å². The number of amides is 2. The molecule has 0 aliphatic heterocycles. The predicted molar refractivity (Wildman–Crippen MR) is 62.9 cm³/mol. The molecular formula is C11H16F6N2O3. The van der Waals surface area contributed by atoms with Gasteiger partial charge in [-0.25, -0.2) is 4.79 Å². The van der Waals surface area contributed by atoms with E-state index in [1.54, 1.807) is 0 Å². The lowest BCUT2D eigenvalue weighted by Gasteiger charge is -2.25. The molecule has 2 amide bonds. The quantitative estimate of drug-likeness (QED) is 0.801. The minimum Gasteiger partial charge on any atom is -0.444 e. The van der Waals surface area contributed by atoms with Gasteiger partial charge in [-0.15, -0.1) is 0 Å². The standard InChI is InChI=1S/C11H16F6N2O3/c1-9(2,3)22-8(21)18-4-5-19(6-10(12,13)14)7(20)11(15,16)17/h4-6H2,1-3H3,(H,18,21). The van der Waals surface area contributed by atoms with Gasteiger partial charge in [-0.05, 0) is 20.8 Å². The Bertz CT molecular complexity index is 400. The summed E-state index contributed by atoms with van der Waals surface area (Å²) in [6.07, 6.45) is -11.4. The van der Waals surface area contributed by atoms with Gasteiger partial charge in [0.05, 0.1) is 0 Å². The monoisotopic (exact) mass is 338 g/mol. The molecule has 0 atom stereocenters. The molecule has 0 saturated heterocycles. The summed E-state index contributed by atoms with van der Waals surface area (Å²) in [7, 11) is 0. The van der Waals surface area contributed by atoms with Crippen LogP contribution in [0.2, 0.25) is 0 Å². The fourth-order valence-electron chi connectivity index (χ4n) is 1.26. The number of halogens is 6. The average Bonchev–Trinajstić information content (AvgIpc) is 2.21. The topological polar surface area (TPSA) is 58.6 Å². The smallest absolute Gasteiger partial charge is 0.444 e. The fraction of sp³-hybridized carbons (Fsp3) is 0.818. The Morgan fingerprint density at radius 2 is 1.55 bits per heavy atom. The van der Waals surface area contributed by atoms with E-state index in [9.17, 15) is 35.9 Å². The molecule has 0 spiro atoms. The van der Waals surface area contributed by atoms with Crippen molar-refractivity contribution in [3.05, 3.63) is 0 Å². The second-order valence-corrected chi connectivity index (χ2v) is 5.27. The number of hydrogen-bond donors (Lipinski definition) is 1. The van der Waals surface area contributed by atoms with E-state index in [1.807, 2.05) is 5.32 Å². The van der Waals surface area contributed by atoms with Crippen molar-refractivity contribution >= 4 is 12.0 Å². The van der Waals surface area contributed by atoms with E-state index >= 15 is 0 Å². The number of nitrogens with zero attached hydrogens (tertiary/aromatic N) is 1. The van der Waals surface area contributed by atoms with E-state index in [1.165, 1.54) is 20.8 Å². The van der Waals surface area contributed by atoms with Crippen LogP contribution < -0.4 is 5.32 Å². The minimum absolute atomic E-state index is 0.433. The molecule has 0 fully saturated rings. The van der Waals surface area contributed by atoms with Crippen molar-refractivity contribution in [2.45, 2.75) is 38.7 Å². The fourth-order valence-corrected chi connectivity index (χ4v) is 1.26. The van der Waals surface area contributed by atoms with Gasteiger partial charge >= 0.3 is 24.4 Å². The third kappa shape index (κ3) is 9.29. The third-order valence-electron chi connectivity index (χ3n) is 1.95. The molecule has 0 aromatic rings. The number of carbonyl (C=O) groups is 2. The number of hydrogen-bond acceptors (Lipinski definition) is 3.